The normalized spacial score (nSPS) is 11.4. The first kappa shape index (κ1) is 16.8. The van der Waals surface area contributed by atoms with Crippen molar-refractivity contribution in [3.8, 4) is 6.07 Å². The fourth-order valence-corrected chi connectivity index (χ4v) is 2.88. The van der Waals surface area contributed by atoms with E-state index in [-0.39, 0.29) is 5.57 Å². The van der Waals surface area contributed by atoms with Crippen molar-refractivity contribution in [2.45, 2.75) is 13.8 Å². The van der Waals surface area contributed by atoms with Crippen LogP contribution >= 0.6 is 11.6 Å². The van der Waals surface area contributed by atoms with Crippen LogP contribution in [0.5, 0.6) is 0 Å². The molecular weight excluding hydrogens is 334 g/mol. The Morgan fingerprint density at radius 2 is 1.96 bits per heavy atom. The molecule has 0 bridgehead atoms. The predicted octanol–water partition coefficient (Wildman–Crippen LogP) is 4.98. The zero-order valence-electron chi connectivity index (χ0n) is 13.9. The standard InChI is InChI=1S/C20H16ClN3O/c1-12-17(21)7-5-9-18(12)24-20(25)14(11-22)10-16-13(2)23-19-8-4-3-6-15(16)19/h3-10,23H,1-2H3,(H,24,25)/b14-10+. The summed E-state index contributed by atoms with van der Waals surface area (Å²) in [7, 11) is 0. The van der Waals surface area contributed by atoms with Gasteiger partial charge in [0.15, 0.2) is 0 Å². The molecule has 0 aliphatic heterocycles. The van der Waals surface area contributed by atoms with E-state index in [2.05, 4.69) is 10.3 Å². The highest BCUT2D eigenvalue weighted by Gasteiger charge is 2.14. The molecule has 0 atom stereocenters. The third-order valence-corrected chi connectivity index (χ3v) is 4.52. The Bertz CT molecular complexity index is 1040. The molecule has 4 nitrogen and oxygen atoms in total. The third-order valence-electron chi connectivity index (χ3n) is 4.11. The van der Waals surface area contributed by atoms with E-state index < -0.39 is 5.91 Å². The SMILES string of the molecule is Cc1[nH]c2ccccc2c1/C=C(\C#N)C(=O)Nc1cccc(Cl)c1C. The highest BCUT2D eigenvalue weighted by Crippen LogP contribution is 2.26. The number of rotatable bonds is 3. The summed E-state index contributed by atoms with van der Waals surface area (Å²) in [6, 6.07) is 15.0. The van der Waals surface area contributed by atoms with Crippen molar-refractivity contribution in [2.75, 3.05) is 5.32 Å². The molecule has 1 amide bonds. The van der Waals surface area contributed by atoms with Gasteiger partial charge < -0.3 is 10.3 Å². The molecule has 0 aliphatic carbocycles. The van der Waals surface area contributed by atoms with E-state index in [4.69, 9.17) is 11.6 Å². The van der Waals surface area contributed by atoms with E-state index >= 15 is 0 Å². The van der Waals surface area contributed by atoms with Crippen LogP contribution in [0.25, 0.3) is 17.0 Å². The second kappa shape index (κ2) is 6.84. The fourth-order valence-electron chi connectivity index (χ4n) is 2.71. The molecule has 0 saturated carbocycles. The number of hydrogen-bond donors (Lipinski definition) is 2. The highest BCUT2D eigenvalue weighted by atomic mass is 35.5. The number of carbonyl (C=O) groups is 1. The topological polar surface area (TPSA) is 68.7 Å². The Labute approximate surface area is 150 Å². The molecule has 0 radical (unpaired) electrons. The van der Waals surface area contributed by atoms with Crippen molar-refractivity contribution in [2.24, 2.45) is 0 Å². The maximum atomic E-state index is 12.5. The van der Waals surface area contributed by atoms with Gasteiger partial charge in [-0.15, -0.1) is 0 Å². The van der Waals surface area contributed by atoms with Crippen molar-refractivity contribution in [3.63, 3.8) is 0 Å². The minimum absolute atomic E-state index is 0.0345. The number of benzene rings is 2. The van der Waals surface area contributed by atoms with E-state index in [0.29, 0.717) is 10.7 Å². The zero-order valence-corrected chi connectivity index (χ0v) is 14.6. The quantitative estimate of drug-likeness (QED) is 0.517. The van der Waals surface area contributed by atoms with Crippen molar-refractivity contribution >= 4 is 40.2 Å². The lowest BCUT2D eigenvalue weighted by Gasteiger charge is -2.09. The van der Waals surface area contributed by atoms with E-state index in [1.165, 1.54) is 0 Å². The van der Waals surface area contributed by atoms with Crippen LogP contribution in [-0.2, 0) is 4.79 Å². The van der Waals surface area contributed by atoms with Crippen molar-refractivity contribution < 1.29 is 4.79 Å². The summed E-state index contributed by atoms with van der Waals surface area (Å²) in [5, 5.41) is 13.7. The summed E-state index contributed by atoms with van der Waals surface area (Å²) in [5.41, 5.74) is 4.10. The van der Waals surface area contributed by atoms with Gasteiger partial charge in [0.1, 0.15) is 11.6 Å². The van der Waals surface area contributed by atoms with Gasteiger partial charge in [0.2, 0.25) is 0 Å². The minimum atomic E-state index is -0.461. The number of nitrogens with zero attached hydrogens (tertiary/aromatic N) is 1. The number of amides is 1. The molecule has 3 rings (SSSR count). The van der Waals surface area contributed by atoms with Gasteiger partial charge in [-0.1, -0.05) is 35.9 Å². The molecule has 3 aromatic rings. The van der Waals surface area contributed by atoms with E-state index in [1.54, 1.807) is 24.3 Å². The van der Waals surface area contributed by atoms with Crippen LogP contribution < -0.4 is 5.32 Å². The van der Waals surface area contributed by atoms with Gasteiger partial charge in [-0.3, -0.25) is 4.79 Å². The second-order valence-electron chi connectivity index (χ2n) is 5.75. The molecule has 2 aromatic carbocycles. The van der Waals surface area contributed by atoms with Gasteiger partial charge in [0.05, 0.1) is 0 Å². The smallest absolute Gasteiger partial charge is 0.266 e. The number of hydrogen-bond acceptors (Lipinski definition) is 2. The maximum absolute atomic E-state index is 12.5. The van der Waals surface area contributed by atoms with Crippen LogP contribution in [0.3, 0.4) is 0 Å². The van der Waals surface area contributed by atoms with Gasteiger partial charge >= 0.3 is 0 Å². The molecule has 0 spiro atoms. The van der Waals surface area contributed by atoms with E-state index in [9.17, 15) is 10.1 Å². The largest absolute Gasteiger partial charge is 0.358 e. The lowest BCUT2D eigenvalue weighted by atomic mass is 10.1. The number of carbonyl (C=O) groups excluding carboxylic acids is 1. The number of fused-ring (bicyclic) bond motifs is 1. The van der Waals surface area contributed by atoms with Crippen LogP contribution in [0, 0.1) is 25.2 Å². The summed E-state index contributed by atoms with van der Waals surface area (Å²) in [6.45, 7) is 3.73. The molecule has 2 N–H and O–H groups in total. The van der Waals surface area contributed by atoms with Crippen molar-refractivity contribution in [1.29, 1.82) is 5.26 Å². The first-order valence-electron chi connectivity index (χ1n) is 7.77. The summed E-state index contributed by atoms with van der Waals surface area (Å²) in [6.07, 6.45) is 1.61. The number of para-hydroxylation sites is 1. The lowest BCUT2D eigenvalue weighted by Crippen LogP contribution is -2.14. The Balaban J connectivity index is 1.97. The summed E-state index contributed by atoms with van der Waals surface area (Å²) >= 11 is 6.08. The van der Waals surface area contributed by atoms with Gasteiger partial charge in [0, 0.05) is 32.9 Å². The van der Waals surface area contributed by atoms with Crippen molar-refractivity contribution in [3.05, 3.63) is 69.9 Å². The molecule has 1 heterocycles. The Hall–Kier alpha value is -3.03. The van der Waals surface area contributed by atoms with E-state index in [1.807, 2.05) is 44.2 Å². The highest BCUT2D eigenvalue weighted by molar-refractivity contribution is 6.31. The summed E-state index contributed by atoms with van der Waals surface area (Å²) in [5.74, 6) is -0.461. The number of aromatic nitrogens is 1. The van der Waals surface area contributed by atoms with Gasteiger partial charge in [-0.05, 0) is 43.7 Å². The monoisotopic (exact) mass is 349 g/mol. The number of aromatic amines is 1. The van der Waals surface area contributed by atoms with Crippen molar-refractivity contribution in [1.82, 2.24) is 4.98 Å². The molecule has 0 unspecified atom stereocenters. The Morgan fingerprint density at radius 1 is 1.20 bits per heavy atom. The number of nitriles is 1. The second-order valence-corrected chi connectivity index (χ2v) is 6.15. The predicted molar refractivity (Wildman–Crippen MR) is 101 cm³/mol. The van der Waals surface area contributed by atoms with E-state index in [0.717, 1.165) is 27.7 Å². The van der Waals surface area contributed by atoms with Gasteiger partial charge in [-0.2, -0.15) is 5.26 Å². The molecule has 25 heavy (non-hydrogen) atoms. The summed E-state index contributed by atoms with van der Waals surface area (Å²) < 4.78 is 0. The first-order chi connectivity index (χ1) is 12.0. The molecule has 1 aromatic heterocycles. The number of anilines is 1. The van der Waals surface area contributed by atoms with Gasteiger partial charge in [0.25, 0.3) is 5.91 Å². The lowest BCUT2D eigenvalue weighted by molar-refractivity contribution is -0.112. The van der Waals surface area contributed by atoms with Crippen LogP contribution in [0.15, 0.2) is 48.0 Å². The maximum Gasteiger partial charge on any atom is 0.266 e. The molecule has 124 valence electrons. The number of halogens is 1. The average molecular weight is 350 g/mol. The third kappa shape index (κ3) is 3.28. The number of H-pyrrole nitrogens is 1. The van der Waals surface area contributed by atoms with Crippen LogP contribution in [0.4, 0.5) is 5.69 Å². The minimum Gasteiger partial charge on any atom is -0.358 e. The Morgan fingerprint density at radius 3 is 2.72 bits per heavy atom. The van der Waals surface area contributed by atoms with Gasteiger partial charge in [-0.25, -0.2) is 0 Å². The number of nitrogens with one attached hydrogen (secondary N) is 2. The van der Waals surface area contributed by atoms with Crippen LogP contribution in [0.1, 0.15) is 16.8 Å². The fraction of sp³-hybridized carbons (Fsp3) is 0.100. The number of aryl methyl sites for hydroxylation is 1. The molecular formula is C20H16ClN3O. The summed E-state index contributed by atoms with van der Waals surface area (Å²) in [4.78, 5) is 15.8. The average Bonchev–Trinajstić information content (AvgIpc) is 2.92. The molecule has 0 fully saturated rings. The molecule has 0 saturated heterocycles. The van der Waals surface area contributed by atoms with Crippen LogP contribution in [0.2, 0.25) is 5.02 Å². The van der Waals surface area contributed by atoms with Crippen LogP contribution in [-0.4, -0.2) is 10.9 Å². The Kier molecular flexibility index (Phi) is 4.60. The molecule has 5 heteroatoms. The molecule has 0 aliphatic rings. The first-order valence-corrected chi connectivity index (χ1v) is 8.14. The zero-order chi connectivity index (χ0) is 18.0.